The van der Waals surface area contributed by atoms with Gasteiger partial charge in [0.15, 0.2) is 5.82 Å². The molecule has 0 unspecified atom stereocenters. The first-order valence-electron chi connectivity index (χ1n) is 6.79. The Morgan fingerprint density at radius 1 is 1.00 bits per heavy atom. The van der Waals surface area contributed by atoms with Gasteiger partial charge >= 0.3 is 0 Å². The van der Waals surface area contributed by atoms with Gasteiger partial charge in [0.25, 0.3) is 0 Å². The number of aromatic nitrogens is 3. The normalized spacial score (nSPS) is 13.6. The van der Waals surface area contributed by atoms with E-state index in [2.05, 4.69) is 27.1 Å². The minimum Gasteiger partial charge on any atom is -0.342 e. The van der Waals surface area contributed by atoms with Crippen LogP contribution in [0.5, 0.6) is 0 Å². The molecule has 0 aliphatic heterocycles. The molecule has 0 radical (unpaired) electrons. The van der Waals surface area contributed by atoms with Crippen molar-refractivity contribution in [1.29, 1.82) is 0 Å². The third-order valence-corrected chi connectivity index (χ3v) is 4.14. The predicted molar refractivity (Wildman–Crippen MR) is 82.2 cm³/mol. The Morgan fingerprint density at radius 2 is 1.90 bits per heavy atom. The molecule has 98 valence electrons. The van der Waals surface area contributed by atoms with Gasteiger partial charge in [0.2, 0.25) is 0 Å². The molecule has 0 fully saturated rings. The highest BCUT2D eigenvalue weighted by Crippen LogP contribution is 2.24. The molecule has 0 spiro atoms. The van der Waals surface area contributed by atoms with Crippen LogP contribution in [-0.2, 0) is 12.8 Å². The summed E-state index contributed by atoms with van der Waals surface area (Å²) < 4.78 is 0.723. The summed E-state index contributed by atoms with van der Waals surface area (Å²) in [6.45, 7) is 0. The molecule has 1 aliphatic rings. The van der Waals surface area contributed by atoms with Crippen LogP contribution in [-0.4, -0.2) is 15.0 Å². The van der Waals surface area contributed by atoms with Gasteiger partial charge < -0.3 is 4.98 Å². The zero-order chi connectivity index (χ0) is 13.5. The summed E-state index contributed by atoms with van der Waals surface area (Å²) in [5, 5.41) is 1.14. The van der Waals surface area contributed by atoms with E-state index >= 15 is 0 Å². The van der Waals surface area contributed by atoms with Crippen LogP contribution in [0.2, 0.25) is 0 Å². The highest BCUT2D eigenvalue weighted by atomic mass is 32.1. The molecule has 20 heavy (non-hydrogen) atoms. The largest absolute Gasteiger partial charge is 0.342 e. The summed E-state index contributed by atoms with van der Waals surface area (Å²) in [7, 11) is 0. The van der Waals surface area contributed by atoms with E-state index in [0.717, 1.165) is 46.3 Å². The van der Waals surface area contributed by atoms with Crippen molar-refractivity contribution >= 4 is 23.1 Å². The molecule has 3 aromatic rings. The molecule has 0 bridgehead atoms. The van der Waals surface area contributed by atoms with Gasteiger partial charge in [-0.3, -0.25) is 0 Å². The van der Waals surface area contributed by atoms with Crippen LogP contribution in [0.15, 0.2) is 36.4 Å². The van der Waals surface area contributed by atoms with Crippen molar-refractivity contribution in [3.63, 3.8) is 0 Å². The van der Waals surface area contributed by atoms with E-state index in [1.54, 1.807) is 0 Å². The first-order chi connectivity index (χ1) is 9.81. The number of H-pyrrole nitrogens is 1. The monoisotopic (exact) mass is 279 g/mol. The number of hydrogen-bond acceptors (Lipinski definition) is 3. The molecule has 1 N–H and O–H groups in total. The van der Waals surface area contributed by atoms with Gasteiger partial charge in [0.05, 0.1) is 5.52 Å². The SMILES string of the molecule is S=c1nc(-c2ccc3ccccc3n2)[nH]c2c1CCC2. The number of aryl methyl sites for hydroxylation is 1. The second-order valence-electron chi connectivity index (χ2n) is 5.09. The average molecular weight is 279 g/mol. The van der Waals surface area contributed by atoms with E-state index in [4.69, 9.17) is 12.2 Å². The Kier molecular flexibility index (Phi) is 2.63. The van der Waals surface area contributed by atoms with Gasteiger partial charge in [-0.15, -0.1) is 0 Å². The highest BCUT2D eigenvalue weighted by molar-refractivity contribution is 7.71. The van der Waals surface area contributed by atoms with E-state index < -0.39 is 0 Å². The van der Waals surface area contributed by atoms with E-state index in [-0.39, 0.29) is 0 Å². The molecule has 0 saturated heterocycles. The van der Waals surface area contributed by atoms with Crippen LogP contribution in [0.3, 0.4) is 0 Å². The smallest absolute Gasteiger partial charge is 0.157 e. The molecular weight excluding hydrogens is 266 g/mol. The average Bonchev–Trinajstić information content (AvgIpc) is 2.96. The maximum atomic E-state index is 5.40. The maximum Gasteiger partial charge on any atom is 0.157 e. The third kappa shape index (κ3) is 1.84. The minimum atomic E-state index is 0.723. The van der Waals surface area contributed by atoms with Crippen LogP contribution in [0.25, 0.3) is 22.4 Å². The molecule has 2 aromatic heterocycles. The Labute approximate surface area is 121 Å². The Balaban J connectivity index is 1.91. The predicted octanol–water partition coefficient (Wildman–Crippen LogP) is 3.84. The summed E-state index contributed by atoms with van der Waals surface area (Å²) in [6, 6.07) is 12.2. The number of hydrogen-bond donors (Lipinski definition) is 1. The summed E-state index contributed by atoms with van der Waals surface area (Å²) in [5.74, 6) is 0.779. The Morgan fingerprint density at radius 3 is 2.85 bits per heavy atom. The molecule has 0 amide bonds. The van der Waals surface area contributed by atoms with Crippen molar-refractivity contribution in [2.75, 3.05) is 0 Å². The van der Waals surface area contributed by atoms with E-state index in [1.165, 1.54) is 11.3 Å². The lowest BCUT2D eigenvalue weighted by molar-refractivity contribution is 0.899. The van der Waals surface area contributed by atoms with Gasteiger partial charge in [0, 0.05) is 16.6 Å². The molecule has 3 nitrogen and oxygen atoms in total. The molecule has 1 aliphatic carbocycles. The highest BCUT2D eigenvalue weighted by Gasteiger charge is 2.15. The van der Waals surface area contributed by atoms with Gasteiger partial charge in [-0.1, -0.05) is 36.5 Å². The van der Waals surface area contributed by atoms with Crippen LogP contribution in [0.1, 0.15) is 17.7 Å². The number of benzene rings is 1. The van der Waals surface area contributed by atoms with Crippen molar-refractivity contribution in [3.8, 4) is 11.5 Å². The summed E-state index contributed by atoms with van der Waals surface area (Å²) in [4.78, 5) is 12.6. The summed E-state index contributed by atoms with van der Waals surface area (Å²) in [6.07, 6.45) is 3.26. The van der Waals surface area contributed by atoms with Gasteiger partial charge in [-0.25, -0.2) is 9.97 Å². The van der Waals surface area contributed by atoms with Crippen molar-refractivity contribution in [2.45, 2.75) is 19.3 Å². The van der Waals surface area contributed by atoms with Crippen molar-refractivity contribution in [3.05, 3.63) is 52.3 Å². The lowest BCUT2D eigenvalue weighted by Gasteiger charge is -2.06. The first kappa shape index (κ1) is 11.7. The van der Waals surface area contributed by atoms with Gasteiger partial charge in [0.1, 0.15) is 10.3 Å². The van der Waals surface area contributed by atoms with E-state index in [0.29, 0.717) is 0 Å². The second kappa shape index (κ2) is 4.49. The lowest BCUT2D eigenvalue weighted by atomic mass is 10.2. The van der Waals surface area contributed by atoms with E-state index in [1.807, 2.05) is 24.3 Å². The molecule has 0 atom stereocenters. The van der Waals surface area contributed by atoms with Gasteiger partial charge in [-0.05, 0) is 31.4 Å². The fraction of sp³-hybridized carbons (Fsp3) is 0.188. The van der Waals surface area contributed by atoms with Crippen LogP contribution >= 0.6 is 12.2 Å². The fourth-order valence-electron chi connectivity index (χ4n) is 2.78. The standard InChI is InChI=1S/C16H13N3S/c20-16-11-5-3-7-13(11)18-15(19-16)14-9-8-10-4-1-2-6-12(10)17-14/h1-2,4,6,8-9H,3,5,7H2,(H,18,19,20). The van der Waals surface area contributed by atoms with Crippen molar-refractivity contribution < 1.29 is 0 Å². The number of rotatable bonds is 1. The summed E-state index contributed by atoms with van der Waals surface area (Å²) in [5.41, 5.74) is 4.27. The van der Waals surface area contributed by atoms with Crippen LogP contribution < -0.4 is 0 Å². The van der Waals surface area contributed by atoms with Crippen molar-refractivity contribution in [1.82, 2.24) is 15.0 Å². The molecular formula is C16H13N3S. The molecule has 4 rings (SSSR count). The number of nitrogens with one attached hydrogen (secondary N) is 1. The van der Waals surface area contributed by atoms with Crippen LogP contribution in [0, 0.1) is 4.64 Å². The quantitative estimate of drug-likeness (QED) is 0.688. The zero-order valence-electron chi connectivity index (χ0n) is 10.9. The summed E-state index contributed by atoms with van der Waals surface area (Å²) >= 11 is 5.40. The zero-order valence-corrected chi connectivity index (χ0v) is 11.7. The number of nitrogens with zero attached hydrogens (tertiary/aromatic N) is 2. The topological polar surface area (TPSA) is 41.6 Å². The number of aromatic amines is 1. The molecule has 2 heterocycles. The number of pyridine rings is 1. The number of para-hydroxylation sites is 1. The fourth-order valence-corrected chi connectivity index (χ4v) is 3.09. The third-order valence-electron chi connectivity index (χ3n) is 3.80. The van der Waals surface area contributed by atoms with Crippen molar-refractivity contribution in [2.24, 2.45) is 0 Å². The minimum absolute atomic E-state index is 0.723. The molecule has 1 aromatic carbocycles. The lowest BCUT2D eigenvalue weighted by Crippen LogP contribution is -1.98. The number of fused-ring (bicyclic) bond motifs is 2. The Bertz CT molecular complexity index is 867. The Hall–Kier alpha value is -2.07. The second-order valence-corrected chi connectivity index (χ2v) is 5.48. The van der Waals surface area contributed by atoms with Crippen LogP contribution in [0.4, 0.5) is 0 Å². The first-order valence-corrected chi connectivity index (χ1v) is 7.20. The maximum absolute atomic E-state index is 5.40. The van der Waals surface area contributed by atoms with Gasteiger partial charge in [-0.2, -0.15) is 0 Å². The van der Waals surface area contributed by atoms with E-state index in [9.17, 15) is 0 Å². The molecule has 4 heteroatoms. The molecule has 0 saturated carbocycles.